The molecule has 2 aromatic rings. The van der Waals surface area contributed by atoms with Crippen molar-refractivity contribution >= 4 is 33.4 Å². The van der Waals surface area contributed by atoms with E-state index >= 15 is 4.39 Å². The van der Waals surface area contributed by atoms with Crippen molar-refractivity contribution in [2.24, 2.45) is 0 Å². The Labute approximate surface area is 212 Å². The van der Waals surface area contributed by atoms with Gasteiger partial charge >= 0.3 is 11.9 Å². The Kier molecular flexibility index (Phi) is 7.77. The van der Waals surface area contributed by atoms with Gasteiger partial charge in [-0.15, -0.1) is 0 Å². The molecule has 0 aliphatic carbocycles. The molecule has 0 saturated heterocycles. The summed E-state index contributed by atoms with van der Waals surface area (Å²) in [6.45, 7) is 0.903. The van der Waals surface area contributed by atoms with Crippen molar-refractivity contribution in [3.8, 4) is 0 Å². The SMILES string of the molecule is CC1=C(C(=O)OCCOC(=O)c2ccccc2)C(c2c(F)cccc2Cl)C2=C(COCCS2(=O)=O)N1. The lowest BCUT2D eigenvalue weighted by atomic mass is 9.86. The zero-order valence-electron chi connectivity index (χ0n) is 19.3. The maximum atomic E-state index is 15.1. The van der Waals surface area contributed by atoms with Crippen LogP contribution in [0.2, 0.25) is 5.02 Å². The second kappa shape index (κ2) is 10.8. The molecule has 8 nitrogen and oxygen atoms in total. The van der Waals surface area contributed by atoms with E-state index in [0.717, 1.165) is 6.07 Å². The van der Waals surface area contributed by atoms with Gasteiger partial charge in [-0.1, -0.05) is 35.9 Å². The number of carbonyl (C=O) groups excluding carboxylic acids is 2. The number of benzene rings is 2. The molecule has 0 aromatic heterocycles. The van der Waals surface area contributed by atoms with Crippen LogP contribution in [-0.4, -0.2) is 52.5 Å². The van der Waals surface area contributed by atoms with Gasteiger partial charge in [0.1, 0.15) is 19.0 Å². The van der Waals surface area contributed by atoms with Crippen LogP contribution in [0.25, 0.3) is 0 Å². The molecule has 2 aliphatic heterocycles. The van der Waals surface area contributed by atoms with Crippen LogP contribution in [0.1, 0.15) is 28.8 Å². The fraction of sp³-hybridized carbons (Fsp3) is 0.280. The van der Waals surface area contributed by atoms with Crippen LogP contribution in [0.5, 0.6) is 0 Å². The summed E-state index contributed by atoms with van der Waals surface area (Å²) in [6, 6.07) is 12.2. The number of sulfone groups is 1. The number of esters is 2. The summed E-state index contributed by atoms with van der Waals surface area (Å²) in [6.07, 6.45) is 0. The normalized spacial score (nSPS) is 19.1. The van der Waals surface area contributed by atoms with Gasteiger partial charge in [0.05, 0.1) is 46.6 Å². The van der Waals surface area contributed by atoms with Gasteiger partial charge < -0.3 is 19.5 Å². The topological polar surface area (TPSA) is 108 Å². The Hall–Kier alpha value is -3.21. The van der Waals surface area contributed by atoms with Crippen LogP contribution in [0.4, 0.5) is 4.39 Å². The first-order chi connectivity index (χ1) is 17.2. The Morgan fingerprint density at radius 2 is 1.78 bits per heavy atom. The van der Waals surface area contributed by atoms with Crippen LogP contribution in [-0.2, 0) is 28.8 Å². The first kappa shape index (κ1) is 25.9. The number of allylic oxidation sites excluding steroid dienone is 2. The Morgan fingerprint density at radius 3 is 2.47 bits per heavy atom. The third-order valence-corrected chi connectivity index (χ3v) is 7.92. The van der Waals surface area contributed by atoms with Gasteiger partial charge in [0.2, 0.25) is 0 Å². The molecule has 1 N–H and O–H groups in total. The number of ether oxygens (including phenoxy) is 3. The summed E-state index contributed by atoms with van der Waals surface area (Å²) >= 11 is 6.32. The van der Waals surface area contributed by atoms with Crippen molar-refractivity contribution in [1.82, 2.24) is 5.32 Å². The first-order valence-corrected chi connectivity index (χ1v) is 13.1. The average Bonchev–Trinajstić information content (AvgIpc) is 2.99. The molecule has 4 rings (SSSR count). The highest BCUT2D eigenvalue weighted by molar-refractivity contribution is 7.95. The monoisotopic (exact) mass is 535 g/mol. The Bertz CT molecular complexity index is 1340. The number of dihydropyridines is 1. The Morgan fingerprint density at radius 1 is 1.08 bits per heavy atom. The number of rotatable bonds is 6. The zero-order chi connectivity index (χ0) is 25.9. The smallest absolute Gasteiger partial charge is 0.338 e. The molecular weight excluding hydrogens is 513 g/mol. The van der Waals surface area contributed by atoms with Crippen LogP contribution in [0, 0.1) is 5.82 Å². The van der Waals surface area contributed by atoms with Crippen LogP contribution >= 0.6 is 11.6 Å². The molecule has 0 bridgehead atoms. The number of hydrogen-bond donors (Lipinski definition) is 1. The van der Waals surface area contributed by atoms with E-state index in [0.29, 0.717) is 5.56 Å². The molecule has 190 valence electrons. The molecule has 0 spiro atoms. The predicted molar refractivity (Wildman–Crippen MR) is 129 cm³/mol. The van der Waals surface area contributed by atoms with Gasteiger partial charge in [-0.3, -0.25) is 0 Å². The van der Waals surface area contributed by atoms with Crippen molar-refractivity contribution in [3.05, 3.63) is 92.4 Å². The largest absolute Gasteiger partial charge is 0.459 e. The fourth-order valence-corrected chi connectivity index (χ4v) is 6.05. The van der Waals surface area contributed by atoms with E-state index in [9.17, 15) is 18.0 Å². The quantitative estimate of drug-likeness (QED) is 0.442. The minimum absolute atomic E-state index is 0.0380. The molecule has 2 aromatic carbocycles. The van der Waals surface area contributed by atoms with Crippen molar-refractivity contribution in [1.29, 1.82) is 0 Å². The minimum atomic E-state index is -3.95. The van der Waals surface area contributed by atoms with Crippen LogP contribution in [0.3, 0.4) is 0 Å². The van der Waals surface area contributed by atoms with Crippen LogP contribution < -0.4 is 5.32 Å². The highest BCUT2D eigenvalue weighted by Crippen LogP contribution is 2.45. The van der Waals surface area contributed by atoms with E-state index in [-0.39, 0.29) is 64.6 Å². The van der Waals surface area contributed by atoms with Crippen molar-refractivity contribution in [2.75, 3.05) is 32.2 Å². The number of nitrogens with one attached hydrogen (secondary N) is 1. The van der Waals surface area contributed by atoms with Gasteiger partial charge in [-0.2, -0.15) is 0 Å². The summed E-state index contributed by atoms with van der Waals surface area (Å²) in [5.41, 5.74) is 0.558. The average molecular weight is 536 g/mol. The molecule has 0 saturated carbocycles. The third kappa shape index (κ3) is 5.30. The molecule has 0 amide bonds. The van der Waals surface area contributed by atoms with E-state index in [2.05, 4.69) is 5.32 Å². The van der Waals surface area contributed by atoms with Gasteiger partial charge in [-0.25, -0.2) is 22.4 Å². The lowest BCUT2D eigenvalue weighted by Gasteiger charge is -2.31. The van der Waals surface area contributed by atoms with Crippen LogP contribution in [0.15, 0.2) is 70.4 Å². The first-order valence-electron chi connectivity index (χ1n) is 11.0. The second-order valence-electron chi connectivity index (χ2n) is 8.08. The molecule has 2 heterocycles. The molecule has 11 heteroatoms. The zero-order valence-corrected chi connectivity index (χ0v) is 20.8. The molecule has 2 aliphatic rings. The second-order valence-corrected chi connectivity index (χ2v) is 10.6. The summed E-state index contributed by atoms with van der Waals surface area (Å²) in [7, 11) is -3.95. The van der Waals surface area contributed by atoms with Gasteiger partial charge in [-0.05, 0) is 31.2 Å². The third-order valence-electron chi connectivity index (χ3n) is 5.74. The van der Waals surface area contributed by atoms with Crippen molar-refractivity contribution in [3.63, 3.8) is 0 Å². The van der Waals surface area contributed by atoms with Gasteiger partial charge in [0.15, 0.2) is 9.84 Å². The maximum absolute atomic E-state index is 15.1. The Balaban J connectivity index is 1.62. The summed E-state index contributed by atoms with van der Waals surface area (Å²) in [4.78, 5) is 25.1. The highest BCUT2D eigenvalue weighted by atomic mass is 35.5. The highest BCUT2D eigenvalue weighted by Gasteiger charge is 2.43. The molecule has 0 fully saturated rings. The van der Waals surface area contributed by atoms with E-state index in [1.807, 2.05) is 0 Å². The van der Waals surface area contributed by atoms with E-state index in [1.165, 1.54) is 12.1 Å². The molecule has 0 radical (unpaired) electrons. The molecular formula is C25H23ClFNO7S. The predicted octanol–water partition coefficient (Wildman–Crippen LogP) is 3.50. The lowest BCUT2D eigenvalue weighted by Crippen LogP contribution is -2.34. The number of hydrogen-bond acceptors (Lipinski definition) is 8. The molecule has 36 heavy (non-hydrogen) atoms. The van der Waals surface area contributed by atoms with E-state index < -0.39 is 33.5 Å². The minimum Gasteiger partial charge on any atom is -0.459 e. The number of carbonyl (C=O) groups is 2. The van der Waals surface area contributed by atoms with E-state index in [1.54, 1.807) is 37.3 Å². The number of halogens is 2. The fourth-order valence-electron chi connectivity index (χ4n) is 4.14. The van der Waals surface area contributed by atoms with Gasteiger partial charge in [0.25, 0.3) is 0 Å². The van der Waals surface area contributed by atoms with Crippen molar-refractivity contribution < 1.29 is 36.6 Å². The summed E-state index contributed by atoms with van der Waals surface area (Å²) in [5.74, 6) is -3.94. The maximum Gasteiger partial charge on any atom is 0.338 e. The summed E-state index contributed by atoms with van der Waals surface area (Å²) < 4.78 is 57.4. The van der Waals surface area contributed by atoms with E-state index in [4.69, 9.17) is 25.8 Å². The lowest BCUT2D eigenvalue weighted by molar-refractivity contribution is -0.140. The standard InChI is InChI=1S/C25H23ClFNO7S/c1-15-20(25(30)35-11-10-34-24(29)16-6-3-2-4-7-16)22(21-17(26)8-5-9-18(21)27)23-19(28-15)14-33-12-13-36(23,31)32/h2-9,22,28H,10-14H2,1H3. The van der Waals surface area contributed by atoms with Crippen molar-refractivity contribution in [2.45, 2.75) is 12.8 Å². The summed E-state index contributed by atoms with van der Waals surface area (Å²) in [5, 5.41) is 2.88. The molecule has 1 unspecified atom stereocenters. The molecule has 1 atom stereocenters. The van der Waals surface area contributed by atoms with Gasteiger partial charge in [0, 0.05) is 16.3 Å².